The molecule has 1 heterocycles. The Balaban J connectivity index is 1.81. The molecule has 0 aromatic heterocycles. The zero-order valence-electron chi connectivity index (χ0n) is 11.5. The Bertz CT molecular complexity index is 513. The number of nitrogens with one attached hydrogen (secondary N) is 1. The number of carbonyl (C=O) groups is 1. The molecule has 1 aliphatic heterocycles. The molecular formula is C15H18BrN3O. The maximum absolute atomic E-state index is 12.0. The van der Waals surface area contributed by atoms with Gasteiger partial charge in [0.15, 0.2) is 0 Å². The minimum Gasteiger partial charge on any atom is -0.325 e. The number of hydrogen-bond acceptors (Lipinski definition) is 3. The summed E-state index contributed by atoms with van der Waals surface area (Å²) < 4.78 is 0.988. The molecule has 0 aliphatic carbocycles. The Kier molecular flexibility index (Phi) is 4.79. The summed E-state index contributed by atoms with van der Waals surface area (Å²) in [5, 5.41) is 12.0. The maximum Gasteiger partial charge on any atom is 0.238 e. The third-order valence-electron chi connectivity index (χ3n) is 3.72. The van der Waals surface area contributed by atoms with Crippen molar-refractivity contribution >= 4 is 27.5 Å². The highest BCUT2D eigenvalue weighted by Crippen LogP contribution is 2.29. The van der Waals surface area contributed by atoms with Crippen LogP contribution in [0, 0.1) is 16.7 Å². The number of carbonyl (C=O) groups excluding carboxylic acids is 1. The Morgan fingerprint density at radius 3 is 2.55 bits per heavy atom. The lowest BCUT2D eigenvalue weighted by Crippen LogP contribution is -2.42. The molecule has 106 valence electrons. The van der Waals surface area contributed by atoms with Crippen LogP contribution in [0.25, 0.3) is 0 Å². The smallest absolute Gasteiger partial charge is 0.238 e. The first-order chi connectivity index (χ1) is 9.50. The quantitative estimate of drug-likeness (QED) is 0.923. The van der Waals surface area contributed by atoms with Crippen LogP contribution in [0.2, 0.25) is 0 Å². The molecule has 2 rings (SSSR count). The maximum atomic E-state index is 12.0. The second-order valence-electron chi connectivity index (χ2n) is 5.50. The zero-order valence-corrected chi connectivity index (χ0v) is 13.1. The van der Waals surface area contributed by atoms with Crippen molar-refractivity contribution in [3.63, 3.8) is 0 Å². The standard InChI is InChI=1S/C15H18BrN3O/c1-15(11-17)6-8-19(9-7-15)10-14(20)18-13-4-2-12(16)3-5-13/h2-5H,6-10H2,1H3,(H,18,20). The van der Waals surface area contributed by atoms with E-state index in [-0.39, 0.29) is 11.3 Å². The Morgan fingerprint density at radius 1 is 1.40 bits per heavy atom. The third-order valence-corrected chi connectivity index (χ3v) is 4.25. The average Bonchev–Trinajstić information content (AvgIpc) is 2.44. The highest BCUT2D eigenvalue weighted by molar-refractivity contribution is 9.10. The first-order valence-corrected chi connectivity index (χ1v) is 7.49. The van der Waals surface area contributed by atoms with Crippen LogP contribution >= 0.6 is 15.9 Å². The van der Waals surface area contributed by atoms with Gasteiger partial charge in [0.1, 0.15) is 0 Å². The van der Waals surface area contributed by atoms with Gasteiger partial charge < -0.3 is 5.32 Å². The summed E-state index contributed by atoms with van der Waals surface area (Å²) >= 11 is 3.36. The van der Waals surface area contributed by atoms with Gasteiger partial charge >= 0.3 is 0 Å². The number of piperidine rings is 1. The van der Waals surface area contributed by atoms with Crippen LogP contribution in [0.5, 0.6) is 0 Å². The normalized spacial score (nSPS) is 18.2. The molecule has 0 unspecified atom stereocenters. The van der Waals surface area contributed by atoms with Gasteiger partial charge in [-0.05, 0) is 44.0 Å². The second-order valence-corrected chi connectivity index (χ2v) is 6.42. The van der Waals surface area contributed by atoms with E-state index in [0.717, 1.165) is 36.1 Å². The number of benzene rings is 1. The molecule has 1 saturated heterocycles. The number of hydrogen-bond donors (Lipinski definition) is 1. The van der Waals surface area contributed by atoms with E-state index in [9.17, 15) is 4.79 Å². The monoisotopic (exact) mass is 335 g/mol. The van der Waals surface area contributed by atoms with Crippen molar-refractivity contribution in [2.75, 3.05) is 25.0 Å². The summed E-state index contributed by atoms with van der Waals surface area (Å²) in [4.78, 5) is 14.1. The van der Waals surface area contributed by atoms with Gasteiger partial charge in [-0.25, -0.2) is 0 Å². The van der Waals surface area contributed by atoms with Crippen LogP contribution in [-0.4, -0.2) is 30.4 Å². The van der Waals surface area contributed by atoms with E-state index in [1.165, 1.54) is 0 Å². The highest BCUT2D eigenvalue weighted by Gasteiger charge is 2.30. The van der Waals surface area contributed by atoms with Gasteiger partial charge in [0.25, 0.3) is 0 Å². The lowest BCUT2D eigenvalue weighted by atomic mass is 9.82. The summed E-state index contributed by atoms with van der Waals surface area (Å²) in [6.07, 6.45) is 1.66. The van der Waals surface area contributed by atoms with E-state index in [1.807, 2.05) is 31.2 Å². The molecule has 0 atom stereocenters. The summed E-state index contributed by atoms with van der Waals surface area (Å²) in [5.74, 6) is -0.00659. The molecule has 5 heteroatoms. The van der Waals surface area contributed by atoms with Crippen molar-refractivity contribution in [1.29, 1.82) is 5.26 Å². The van der Waals surface area contributed by atoms with Crippen molar-refractivity contribution in [3.8, 4) is 6.07 Å². The number of amides is 1. The molecule has 20 heavy (non-hydrogen) atoms. The molecule has 1 fully saturated rings. The van der Waals surface area contributed by atoms with Gasteiger partial charge in [-0.1, -0.05) is 15.9 Å². The Morgan fingerprint density at radius 2 is 2.00 bits per heavy atom. The molecule has 0 radical (unpaired) electrons. The predicted octanol–water partition coefficient (Wildman–Crippen LogP) is 3.01. The molecule has 0 spiro atoms. The van der Waals surface area contributed by atoms with Crippen LogP contribution in [0.4, 0.5) is 5.69 Å². The third kappa shape index (κ3) is 4.06. The summed E-state index contributed by atoms with van der Waals surface area (Å²) in [7, 11) is 0. The van der Waals surface area contributed by atoms with Crippen LogP contribution in [0.3, 0.4) is 0 Å². The summed E-state index contributed by atoms with van der Waals surface area (Å²) in [6, 6.07) is 9.89. The van der Waals surface area contributed by atoms with E-state index in [1.54, 1.807) is 0 Å². The van der Waals surface area contributed by atoms with Gasteiger partial charge in [0, 0.05) is 23.2 Å². The minimum absolute atomic E-state index is 0.00659. The topological polar surface area (TPSA) is 56.1 Å². The Labute approximate surface area is 127 Å². The van der Waals surface area contributed by atoms with E-state index in [0.29, 0.717) is 6.54 Å². The fourth-order valence-corrected chi connectivity index (χ4v) is 2.52. The zero-order chi connectivity index (χ0) is 14.6. The fraction of sp³-hybridized carbons (Fsp3) is 0.467. The van der Waals surface area contributed by atoms with Gasteiger partial charge in [-0.2, -0.15) is 5.26 Å². The number of likely N-dealkylation sites (tertiary alicyclic amines) is 1. The summed E-state index contributed by atoms with van der Waals surface area (Å²) in [6.45, 7) is 3.99. The molecule has 1 N–H and O–H groups in total. The molecule has 1 aromatic carbocycles. The molecule has 4 nitrogen and oxygen atoms in total. The van der Waals surface area contributed by atoms with Crippen molar-refractivity contribution in [2.24, 2.45) is 5.41 Å². The molecular weight excluding hydrogens is 318 g/mol. The lowest BCUT2D eigenvalue weighted by molar-refractivity contribution is -0.117. The summed E-state index contributed by atoms with van der Waals surface area (Å²) in [5.41, 5.74) is 0.579. The number of nitriles is 1. The fourth-order valence-electron chi connectivity index (χ4n) is 2.25. The van der Waals surface area contributed by atoms with E-state index >= 15 is 0 Å². The van der Waals surface area contributed by atoms with Crippen molar-refractivity contribution < 1.29 is 4.79 Å². The van der Waals surface area contributed by atoms with Crippen LogP contribution in [0.15, 0.2) is 28.7 Å². The molecule has 1 aromatic rings. The largest absolute Gasteiger partial charge is 0.325 e. The molecule has 1 amide bonds. The highest BCUT2D eigenvalue weighted by atomic mass is 79.9. The molecule has 0 saturated carbocycles. The number of nitrogens with zero attached hydrogens (tertiary/aromatic N) is 2. The van der Waals surface area contributed by atoms with Crippen molar-refractivity contribution in [2.45, 2.75) is 19.8 Å². The predicted molar refractivity (Wildman–Crippen MR) is 82.2 cm³/mol. The first-order valence-electron chi connectivity index (χ1n) is 6.70. The minimum atomic E-state index is -0.224. The molecule has 1 aliphatic rings. The van der Waals surface area contributed by atoms with Gasteiger partial charge in [0.05, 0.1) is 18.0 Å². The number of halogens is 1. The van der Waals surface area contributed by atoms with Crippen LogP contribution in [-0.2, 0) is 4.79 Å². The SMILES string of the molecule is CC1(C#N)CCN(CC(=O)Nc2ccc(Br)cc2)CC1. The van der Waals surface area contributed by atoms with Crippen molar-refractivity contribution in [1.82, 2.24) is 4.90 Å². The van der Waals surface area contributed by atoms with E-state index in [2.05, 4.69) is 32.2 Å². The lowest BCUT2D eigenvalue weighted by Gasteiger charge is -2.34. The van der Waals surface area contributed by atoms with Crippen LogP contribution < -0.4 is 5.32 Å². The average molecular weight is 336 g/mol. The van der Waals surface area contributed by atoms with Crippen LogP contribution in [0.1, 0.15) is 19.8 Å². The van der Waals surface area contributed by atoms with E-state index < -0.39 is 0 Å². The number of rotatable bonds is 3. The first kappa shape index (κ1) is 15.0. The van der Waals surface area contributed by atoms with Gasteiger partial charge in [-0.3, -0.25) is 9.69 Å². The second kappa shape index (κ2) is 6.38. The van der Waals surface area contributed by atoms with Gasteiger partial charge in [-0.15, -0.1) is 0 Å². The number of anilines is 1. The molecule has 0 bridgehead atoms. The van der Waals surface area contributed by atoms with Crippen molar-refractivity contribution in [3.05, 3.63) is 28.7 Å². The van der Waals surface area contributed by atoms with E-state index in [4.69, 9.17) is 5.26 Å². The Hall–Kier alpha value is -1.38. The van der Waals surface area contributed by atoms with Gasteiger partial charge in [0.2, 0.25) is 5.91 Å².